The molecule has 1 aliphatic heterocycles. The molecule has 1 aliphatic rings. The first-order valence-electron chi connectivity index (χ1n) is 14.2. The first kappa shape index (κ1) is 36.6. The van der Waals surface area contributed by atoms with E-state index in [1.54, 1.807) is 9.80 Å². The van der Waals surface area contributed by atoms with Gasteiger partial charge in [0.25, 0.3) is 0 Å². The van der Waals surface area contributed by atoms with Gasteiger partial charge in [0, 0.05) is 39.1 Å². The van der Waals surface area contributed by atoms with Crippen LogP contribution in [-0.2, 0) is 33.2 Å². The Morgan fingerprint density at radius 2 is 1.21 bits per heavy atom. The molecule has 3 amide bonds. The maximum atomic E-state index is 12.7. The van der Waals surface area contributed by atoms with Crippen LogP contribution in [0.5, 0.6) is 0 Å². The van der Waals surface area contributed by atoms with E-state index in [0.29, 0.717) is 44.0 Å². The Morgan fingerprint density at radius 1 is 0.738 bits per heavy atom. The number of nitrogens with zero attached hydrogens (tertiary/aromatic N) is 2. The van der Waals surface area contributed by atoms with Crippen LogP contribution in [0.25, 0.3) is 0 Å². The van der Waals surface area contributed by atoms with Gasteiger partial charge in [-0.05, 0) is 32.1 Å². The molecule has 2 N–H and O–H groups in total. The minimum absolute atomic E-state index is 0.0173. The van der Waals surface area contributed by atoms with Crippen molar-refractivity contribution in [2.24, 2.45) is 0 Å². The van der Waals surface area contributed by atoms with Crippen molar-refractivity contribution in [3.05, 3.63) is 0 Å². The topological polar surface area (TPSA) is 171 Å². The minimum atomic E-state index is -0.886. The van der Waals surface area contributed by atoms with Crippen LogP contribution in [0.2, 0.25) is 0 Å². The molecule has 0 aromatic heterocycles. The highest BCUT2D eigenvalue weighted by atomic mass is 32.1. The molecule has 0 spiro atoms. The van der Waals surface area contributed by atoms with Gasteiger partial charge in [-0.15, -0.1) is 0 Å². The van der Waals surface area contributed by atoms with E-state index in [9.17, 15) is 24.0 Å². The summed E-state index contributed by atoms with van der Waals surface area (Å²) in [7, 11) is 0. The van der Waals surface area contributed by atoms with Crippen molar-refractivity contribution in [1.82, 2.24) is 20.4 Å². The average molecular weight is 621 g/mol. The number of hydrogen-bond donors (Lipinski definition) is 2. The number of likely N-dealkylation sites (tertiary alicyclic amines) is 1. The van der Waals surface area contributed by atoms with Crippen molar-refractivity contribution in [3.8, 4) is 0 Å². The van der Waals surface area contributed by atoms with Crippen molar-refractivity contribution in [2.75, 3.05) is 78.9 Å². The molecule has 15 nitrogen and oxygen atoms in total. The summed E-state index contributed by atoms with van der Waals surface area (Å²) in [6, 6.07) is 0. The molecule has 16 heteroatoms. The Balaban J connectivity index is 2.34. The van der Waals surface area contributed by atoms with Gasteiger partial charge < -0.3 is 44.0 Å². The van der Waals surface area contributed by atoms with Crippen LogP contribution >= 0.6 is 12.2 Å². The van der Waals surface area contributed by atoms with E-state index in [1.807, 2.05) is 13.8 Å². The summed E-state index contributed by atoms with van der Waals surface area (Å²) in [5.74, 6) is -0.197. The fourth-order valence-electron chi connectivity index (χ4n) is 3.39. The second-order valence-electron chi connectivity index (χ2n) is 9.05. The third-order valence-corrected chi connectivity index (χ3v) is 5.91. The minimum Gasteiger partial charge on any atom is -0.450 e. The maximum absolute atomic E-state index is 12.7. The quantitative estimate of drug-likeness (QED) is 0.0881. The smallest absolute Gasteiger partial charge is 0.450 e. The van der Waals surface area contributed by atoms with Gasteiger partial charge in [-0.25, -0.2) is 19.2 Å². The van der Waals surface area contributed by atoms with Crippen molar-refractivity contribution < 1.29 is 52.4 Å². The number of hydrogen-bond acceptors (Lipinski definition) is 13. The van der Waals surface area contributed by atoms with Crippen LogP contribution in [0, 0.1) is 0 Å². The number of ether oxygens (including phenoxy) is 6. The van der Waals surface area contributed by atoms with Crippen LogP contribution in [0.3, 0.4) is 0 Å². The Morgan fingerprint density at radius 3 is 1.64 bits per heavy atom. The number of rotatable bonds is 20. The number of amides is 3. The highest BCUT2D eigenvalue weighted by Gasteiger charge is 2.25. The molecule has 1 saturated heterocycles. The van der Waals surface area contributed by atoms with Gasteiger partial charge in [-0.1, -0.05) is 26.1 Å². The second-order valence-corrected chi connectivity index (χ2v) is 9.52. The van der Waals surface area contributed by atoms with E-state index in [1.165, 1.54) is 0 Å². The Hall–Kier alpha value is -3.40. The molecule has 0 aromatic rings. The van der Waals surface area contributed by atoms with Crippen LogP contribution in [-0.4, -0.2) is 124 Å². The fourth-order valence-corrected chi connectivity index (χ4v) is 3.72. The van der Waals surface area contributed by atoms with E-state index in [2.05, 4.69) is 10.6 Å². The summed E-state index contributed by atoms with van der Waals surface area (Å²) in [6.45, 7) is 5.78. The van der Waals surface area contributed by atoms with Crippen LogP contribution < -0.4 is 10.6 Å². The predicted molar refractivity (Wildman–Crippen MR) is 153 cm³/mol. The van der Waals surface area contributed by atoms with Gasteiger partial charge in [-0.3, -0.25) is 9.69 Å². The van der Waals surface area contributed by atoms with Crippen LogP contribution in [0.4, 0.5) is 19.2 Å². The summed E-state index contributed by atoms with van der Waals surface area (Å²) in [6.07, 6.45) is 0.849. The molecule has 1 rings (SSSR count). The summed E-state index contributed by atoms with van der Waals surface area (Å²) in [5, 5.41) is 5.08. The summed E-state index contributed by atoms with van der Waals surface area (Å²) < 4.78 is 29.9. The second kappa shape index (κ2) is 23.2. The van der Waals surface area contributed by atoms with Gasteiger partial charge >= 0.3 is 24.5 Å². The lowest BCUT2D eigenvalue weighted by Gasteiger charge is -2.24. The third kappa shape index (κ3) is 18.1. The van der Waals surface area contributed by atoms with Crippen molar-refractivity contribution in [2.45, 2.75) is 52.4 Å². The SMILES string of the molecule is CCCOC(=O)NCCCOC(=O)OCCN(CCOC(=O)OCCCNC(=O)OCCC)CC(=O)N1CCCC1=S. The highest BCUT2D eigenvalue weighted by molar-refractivity contribution is 7.80. The van der Waals surface area contributed by atoms with Gasteiger partial charge in [0.2, 0.25) is 5.91 Å². The van der Waals surface area contributed by atoms with Crippen molar-refractivity contribution >= 4 is 47.6 Å². The lowest BCUT2D eigenvalue weighted by Crippen LogP contribution is -2.43. The van der Waals surface area contributed by atoms with Gasteiger partial charge in [0.15, 0.2) is 0 Å². The van der Waals surface area contributed by atoms with E-state index in [0.717, 1.165) is 19.3 Å². The first-order valence-corrected chi connectivity index (χ1v) is 14.6. The average Bonchev–Trinajstić information content (AvgIpc) is 3.40. The van der Waals surface area contributed by atoms with E-state index in [4.69, 9.17) is 40.6 Å². The summed E-state index contributed by atoms with van der Waals surface area (Å²) >= 11 is 5.25. The molecule has 0 aliphatic carbocycles. The molecule has 0 aromatic carbocycles. The molecule has 0 atom stereocenters. The third-order valence-electron chi connectivity index (χ3n) is 5.48. The molecular weight excluding hydrogens is 576 g/mol. The number of thiocarbonyl (C=S) groups is 1. The molecule has 1 fully saturated rings. The molecule has 240 valence electrons. The van der Waals surface area contributed by atoms with Gasteiger partial charge in [-0.2, -0.15) is 0 Å². The van der Waals surface area contributed by atoms with Crippen LogP contribution in [0.1, 0.15) is 52.4 Å². The zero-order valence-corrected chi connectivity index (χ0v) is 25.3. The Kier molecular flexibility index (Phi) is 20.2. The molecule has 42 heavy (non-hydrogen) atoms. The molecule has 0 radical (unpaired) electrons. The number of carbonyl (C=O) groups excluding carboxylic acids is 5. The summed E-state index contributed by atoms with van der Waals surface area (Å²) in [5.41, 5.74) is 0. The molecule has 1 heterocycles. The maximum Gasteiger partial charge on any atom is 0.508 e. The Bertz CT molecular complexity index is 814. The number of nitrogens with one attached hydrogen (secondary N) is 2. The molecular formula is C26H44N4O11S. The number of alkyl carbamates (subject to hydrolysis) is 2. The molecule has 0 saturated carbocycles. The summed E-state index contributed by atoms with van der Waals surface area (Å²) in [4.78, 5) is 63.0. The van der Waals surface area contributed by atoms with Crippen molar-refractivity contribution in [3.63, 3.8) is 0 Å². The molecule has 0 unspecified atom stereocenters. The van der Waals surface area contributed by atoms with E-state index in [-0.39, 0.29) is 65.1 Å². The zero-order valence-electron chi connectivity index (χ0n) is 24.5. The Labute approximate surface area is 251 Å². The highest BCUT2D eigenvalue weighted by Crippen LogP contribution is 2.12. The van der Waals surface area contributed by atoms with Crippen molar-refractivity contribution in [1.29, 1.82) is 0 Å². The van der Waals surface area contributed by atoms with Crippen LogP contribution in [0.15, 0.2) is 0 Å². The normalized spacial score (nSPS) is 12.5. The standard InChI is InChI=1S/C26H44N4O11S/c1-3-14-36-23(32)27-9-6-16-38-25(34)40-18-12-29(20-21(31)30-11-5-8-22(30)42)13-19-41-26(35)39-17-7-10-28-24(33)37-15-4-2/h3-20H2,1-2H3,(H,27,32)(H,28,33). The van der Waals surface area contributed by atoms with E-state index >= 15 is 0 Å². The monoisotopic (exact) mass is 620 g/mol. The van der Waals surface area contributed by atoms with Gasteiger partial charge in [0.1, 0.15) is 13.2 Å². The first-order chi connectivity index (χ1) is 20.3. The fraction of sp³-hybridized carbons (Fsp3) is 0.769. The molecule has 0 bridgehead atoms. The lowest BCUT2D eigenvalue weighted by molar-refractivity contribution is -0.128. The number of carbonyl (C=O) groups is 5. The van der Waals surface area contributed by atoms with E-state index < -0.39 is 24.5 Å². The lowest BCUT2D eigenvalue weighted by atomic mass is 10.4. The predicted octanol–water partition coefficient (Wildman–Crippen LogP) is 2.60. The largest absolute Gasteiger partial charge is 0.508 e. The zero-order chi connectivity index (χ0) is 31.0. The van der Waals surface area contributed by atoms with Gasteiger partial charge in [0.05, 0.1) is 38.0 Å².